The van der Waals surface area contributed by atoms with Gasteiger partial charge in [-0.05, 0) is 24.6 Å². The quantitative estimate of drug-likeness (QED) is 0.800. The van der Waals surface area contributed by atoms with Crippen LogP contribution in [0.3, 0.4) is 0 Å². The van der Waals surface area contributed by atoms with E-state index in [1.807, 2.05) is 31.2 Å². The second-order valence-electron chi connectivity index (χ2n) is 5.27. The lowest BCUT2D eigenvalue weighted by atomic mass is 10.2. The molecule has 0 bridgehead atoms. The van der Waals surface area contributed by atoms with Crippen molar-refractivity contribution in [3.05, 3.63) is 64.7 Å². The molecule has 0 unspecified atom stereocenters. The van der Waals surface area contributed by atoms with Crippen LogP contribution in [0.1, 0.15) is 21.7 Å². The Bertz CT molecular complexity index is 852. The van der Waals surface area contributed by atoms with Gasteiger partial charge in [0.05, 0.1) is 24.1 Å². The van der Waals surface area contributed by atoms with Crippen LogP contribution in [0.5, 0.6) is 0 Å². The minimum Gasteiger partial charge on any atom is -0.318 e. The number of aryl methyl sites for hydroxylation is 2. The number of benzene rings is 1. The molecule has 3 aromatic rings. The number of halogens is 1. The van der Waals surface area contributed by atoms with Gasteiger partial charge in [-0.25, -0.2) is 0 Å². The van der Waals surface area contributed by atoms with E-state index in [0.29, 0.717) is 22.9 Å². The van der Waals surface area contributed by atoms with E-state index >= 15 is 0 Å². The summed E-state index contributed by atoms with van der Waals surface area (Å²) in [6.45, 7) is 2.39. The number of hydrogen-bond acceptors (Lipinski definition) is 3. The number of hydrogen-bond donors (Lipinski definition) is 1. The highest BCUT2D eigenvalue weighted by atomic mass is 35.5. The fourth-order valence-corrected chi connectivity index (χ4v) is 2.53. The number of amides is 1. The Kier molecular flexibility index (Phi) is 4.16. The van der Waals surface area contributed by atoms with Crippen molar-refractivity contribution < 1.29 is 4.79 Å². The van der Waals surface area contributed by atoms with Crippen molar-refractivity contribution in [1.29, 1.82) is 0 Å². The van der Waals surface area contributed by atoms with Gasteiger partial charge in [0.2, 0.25) is 0 Å². The second kappa shape index (κ2) is 6.26. The molecule has 2 aromatic heterocycles. The molecule has 2 heterocycles. The molecule has 1 aromatic carbocycles. The Morgan fingerprint density at radius 3 is 2.83 bits per heavy atom. The SMILES string of the molecule is Cc1cc(C(=O)Nc2cnn(Cc3ccccc3Cl)c2)n(C)n1. The summed E-state index contributed by atoms with van der Waals surface area (Å²) in [6.07, 6.45) is 3.38. The summed E-state index contributed by atoms with van der Waals surface area (Å²) >= 11 is 6.14. The van der Waals surface area contributed by atoms with E-state index < -0.39 is 0 Å². The maximum absolute atomic E-state index is 12.2. The normalized spacial score (nSPS) is 10.7. The van der Waals surface area contributed by atoms with Gasteiger partial charge in [-0.15, -0.1) is 0 Å². The predicted molar refractivity (Wildman–Crippen MR) is 88.7 cm³/mol. The number of rotatable bonds is 4. The number of aromatic nitrogens is 4. The second-order valence-corrected chi connectivity index (χ2v) is 5.67. The van der Waals surface area contributed by atoms with Gasteiger partial charge in [-0.1, -0.05) is 29.8 Å². The summed E-state index contributed by atoms with van der Waals surface area (Å²) < 4.78 is 3.28. The minimum atomic E-state index is -0.217. The number of carbonyl (C=O) groups excluding carboxylic acids is 1. The Morgan fingerprint density at radius 1 is 1.35 bits per heavy atom. The predicted octanol–water partition coefficient (Wildman–Crippen LogP) is 2.88. The fraction of sp³-hybridized carbons (Fsp3) is 0.188. The van der Waals surface area contributed by atoms with Crippen LogP contribution in [-0.4, -0.2) is 25.5 Å². The fourth-order valence-electron chi connectivity index (χ4n) is 2.33. The summed E-state index contributed by atoms with van der Waals surface area (Å²) in [5.74, 6) is -0.217. The largest absolute Gasteiger partial charge is 0.318 e. The van der Waals surface area contributed by atoms with Crippen LogP contribution in [0.4, 0.5) is 5.69 Å². The van der Waals surface area contributed by atoms with Crippen LogP contribution >= 0.6 is 11.6 Å². The van der Waals surface area contributed by atoms with Crippen molar-refractivity contribution in [2.45, 2.75) is 13.5 Å². The van der Waals surface area contributed by atoms with E-state index in [4.69, 9.17) is 11.6 Å². The van der Waals surface area contributed by atoms with Gasteiger partial charge in [0.15, 0.2) is 0 Å². The number of anilines is 1. The molecule has 1 amide bonds. The lowest BCUT2D eigenvalue weighted by Gasteiger charge is -2.04. The van der Waals surface area contributed by atoms with Crippen molar-refractivity contribution in [1.82, 2.24) is 19.6 Å². The monoisotopic (exact) mass is 329 g/mol. The highest BCUT2D eigenvalue weighted by Crippen LogP contribution is 2.17. The van der Waals surface area contributed by atoms with Crippen LogP contribution in [0.15, 0.2) is 42.7 Å². The summed E-state index contributed by atoms with van der Waals surface area (Å²) in [5.41, 5.74) is 2.90. The molecule has 0 spiro atoms. The lowest BCUT2D eigenvalue weighted by molar-refractivity contribution is 0.101. The molecule has 0 saturated heterocycles. The first-order valence-electron chi connectivity index (χ1n) is 7.11. The third-order valence-electron chi connectivity index (χ3n) is 3.42. The molecule has 7 heteroatoms. The molecule has 6 nitrogen and oxygen atoms in total. The van der Waals surface area contributed by atoms with Crippen LogP contribution in [-0.2, 0) is 13.6 Å². The van der Waals surface area contributed by atoms with E-state index in [9.17, 15) is 4.79 Å². The van der Waals surface area contributed by atoms with Gasteiger partial charge in [0.1, 0.15) is 5.69 Å². The van der Waals surface area contributed by atoms with Crippen LogP contribution in [0, 0.1) is 6.92 Å². The van der Waals surface area contributed by atoms with Crippen molar-refractivity contribution in [3.8, 4) is 0 Å². The number of nitrogens with zero attached hydrogens (tertiary/aromatic N) is 4. The van der Waals surface area contributed by atoms with E-state index in [2.05, 4.69) is 15.5 Å². The number of carbonyl (C=O) groups is 1. The first-order chi connectivity index (χ1) is 11.0. The number of nitrogens with one attached hydrogen (secondary N) is 1. The van der Waals surface area contributed by atoms with Crippen molar-refractivity contribution in [2.24, 2.45) is 7.05 Å². The third kappa shape index (κ3) is 3.43. The van der Waals surface area contributed by atoms with Crippen LogP contribution in [0.25, 0.3) is 0 Å². The molecule has 0 aliphatic rings. The first kappa shape index (κ1) is 15.3. The summed E-state index contributed by atoms with van der Waals surface area (Å²) in [4.78, 5) is 12.2. The van der Waals surface area contributed by atoms with Gasteiger partial charge in [0, 0.05) is 18.3 Å². The maximum atomic E-state index is 12.2. The van der Waals surface area contributed by atoms with E-state index in [1.165, 1.54) is 0 Å². The minimum absolute atomic E-state index is 0.217. The van der Waals surface area contributed by atoms with E-state index in [1.54, 1.807) is 34.9 Å². The summed E-state index contributed by atoms with van der Waals surface area (Å²) in [7, 11) is 1.74. The van der Waals surface area contributed by atoms with Gasteiger partial charge in [-0.3, -0.25) is 14.2 Å². The smallest absolute Gasteiger partial charge is 0.274 e. The molecule has 3 rings (SSSR count). The third-order valence-corrected chi connectivity index (χ3v) is 3.78. The molecule has 0 radical (unpaired) electrons. The van der Waals surface area contributed by atoms with E-state index in [-0.39, 0.29) is 5.91 Å². The van der Waals surface area contributed by atoms with Crippen molar-refractivity contribution >= 4 is 23.2 Å². The van der Waals surface area contributed by atoms with Gasteiger partial charge in [-0.2, -0.15) is 10.2 Å². The van der Waals surface area contributed by atoms with Crippen LogP contribution in [0.2, 0.25) is 5.02 Å². The molecular weight excluding hydrogens is 314 g/mol. The van der Waals surface area contributed by atoms with Gasteiger partial charge in [0.25, 0.3) is 5.91 Å². The maximum Gasteiger partial charge on any atom is 0.274 e. The summed E-state index contributed by atoms with van der Waals surface area (Å²) in [6, 6.07) is 9.34. The molecule has 23 heavy (non-hydrogen) atoms. The average molecular weight is 330 g/mol. The molecule has 0 atom stereocenters. The Labute approximate surface area is 138 Å². The lowest BCUT2D eigenvalue weighted by Crippen LogP contribution is -2.15. The topological polar surface area (TPSA) is 64.7 Å². The van der Waals surface area contributed by atoms with Crippen molar-refractivity contribution in [3.63, 3.8) is 0 Å². The zero-order chi connectivity index (χ0) is 16.4. The highest BCUT2D eigenvalue weighted by Gasteiger charge is 2.13. The average Bonchev–Trinajstić information content (AvgIpc) is 3.07. The Morgan fingerprint density at radius 2 is 2.13 bits per heavy atom. The zero-order valence-electron chi connectivity index (χ0n) is 12.8. The molecule has 0 aliphatic heterocycles. The molecule has 118 valence electrons. The Balaban J connectivity index is 1.71. The highest BCUT2D eigenvalue weighted by molar-refractivity contribution is 6.31. The summed E-state index contributed by atoms with van der Waals surface area (Å²) in [5, 5.41) is 11.9. The van der Waals surface area contributed by atoms with Gasteiger partial charge >= 0.3 is 0 Å². The molecule has 1 N–H and O–H groups in total. The Hall–Kier alpha value is -2.60. The molecular formula is C16H16ClN5O. The van der Waals surface area contributed by atoms with Gasteiger partial charge < -0.3 is 5.32 Å². The van der Waals surface area contributed by atoms with Crippen LogP contribution < -0.4 is 5.32 Å². The zero-order valence-corrected chi connectivity index (χ0v) is 13.6. The molecule has 0 aliphatic carbocycles. The molecule has 0 fully saturated rings. The standard InChI is InChI=1S/C16H16ClN5O/c1-11-7-15(21(2)20-11)16(23)19-13-8-18-22(10-13)9-12-5-3-4-6-14(12)17/h3-8,10H,9H2,1-2H3,(H,19,23). The molecule has 0 saturated carbocycles. The first-order valence-corrected chi connectivity index (χ1v) is 7.48. The van der Waals surface area contributed by atoms with Crippen molar-refractivity contribution in [2.75, 3.05) is 5.32 Å². The van der Waals surface area contributed by atoms with E-state index in [0.717, 1.165) is 11.3 Å².